The number of likely N-dealkylation sites (tertiary alicyclic amines) is 1. The lowest BCUT2D eigenvalue weighted by Crippen LogP contribution is -2.47. The summed E-state index contributed by atoms with van der Waals surface area (Å²) in [6.45, 7) is 1.99. The average Bonchev–Trinajstić information content (AvgIpc) is 2.75. The highest BCUT2D eigenvalue weighted by Crippen LogP contribution is 2.24. The highest BCUT2D eigenvalue weighted by Gasteiger charge is 2.30. The van der Waals surface area contributed by atoms with Crippen LogP contribution in [-0.4, -0.2) is 74.1 Å². The van der Waals surface area contributed by atoms with Crippen molar-refractivity contribution in [1.29, 1.82) is 0 Å². The van der Waals surface area contributed by atoms with Crippen molar-refractivity contribution in [2.75, 3.05) is 48.9 Å². The molecule has 162 valence electrons. The van der Waals surface area contributed by atoms with Gasteiger partial charge in [0.1, 0.15) is 9.84 Å². The molecule has 0 radical (unpaired) electrons. The molecule has 2 aliphatic rings. The summed E-state index contributed by atoms with van der Waals surface area (Å²) in [5, 5.41) is 3.50. The fourth-order valence-electron chi connectivity index (χ4n) is 4.35. The summed E-state index contributed by atoms with van der Waals surface area (Å²) in [7, 11) is 1.26. The number of nitrogens with zero attached hydrogens (tertiary/aromatic N) is 4. The SMILES string of the molecule is CN(C)c1ccc(-c2ccnc(NC3CCN(C4CCS(=O)(=O)CC4)CC3)n2)cc1. The van der Waals surface area contributed by atoms with Gasteiger partial charge in [-0.1, -0.05) is 12.1 Å². The van der Waals surface area contributed by atoms with Gasteiger partial charge in [0.15, 0.2) is 0 Å². The van der Waals surface area contributed by atoms with E-state index in [0.29, 0.717) is 29.5 Å². The van der Waals surface area contributed by atoms with Crippen LogP contribution in [0.1, 0.15) is 25.7 Å². The first-order valence-corrected chi connectivity index (χ1v) is 12.5. The Balaban J connectivity index is 1.33. The van der Waals surface area contributed by atoms with Gasteiger partial charge in [-0.15, -0.1) is 0 Å². The van der Waals surface area contributed by atoms with E-state index in [0.717, 1.165) is 55.7 Å². The van der Waals surface area contributed by atoms with E-state index in [1.54, 1.807) is 0 Å². The number of hydrogen-bond donors (Lipinski definition) is 1. The van der Waals surface area contributed by atoms with Crippen molar-refractivity contribution in [3.05, 3.63) is 36.5 Å². The molecule has 8 heteroatoms. The van der Waals surface area contributed by atoms with Crippen LogP contribution in [0.25, 0.3) is 11.3 Å². The van der Waals surface area contributed by atoms with Crippen LogP contribution in [0.15, 0.2) is 36.5 Å². The van der Waals surface area contributed by atoms with E-state index in [2.05, 4.69) is 44.4 Å². The Morgan fingerprint density at radius 1 is 1.00 bits per heavy atom. The number of hydrogen-bond acceptors (Lipinski definition) is 7. The van der Waals surface area contributed by atoms with E-state index in [9.17, 15) is 8.42 Å². The molecule has 1 aromatic heterocycles. The van der Waals surface area contributed by atoms with E-state index >= 15 is 0 Å². The molecular formula is C22H31N5O2S. The Bertz CT molecular complexity index is 940. The minimum Gasteiger partial charge on any atom is -0.378 e. The number of benzene rings is 1. The number of nitrogens with one attached hydrogen (secondary N) is 1. The van der Waals surface area contributed by atoms with Crippen molar-refractivity contribution in [2.45, 2.75) is 37.8 Å². The first kappa shape index (κ1) is 21.1. The molecule has 2 aliphatic heterocycles. The number of sulfone groups is 1. The van der Waals surface area contributed by atoms with E-state index < -0.39 is 9.84 Å². The quantitative estimate of drug-likeness (QED) is 0.783. The van der Waals surface area contributed by atoms with E-state index in [1.807, 2.05) is 26.4 Å². The van der Waals surface area contributed by atoms with Crippen LogP contribution in [-0.2, 0) is 9.84 Å². The molecular weight excluding hydrogens is 398 g/mol. The lowest BCUT2D eigenvalue weighted by Gasteiger charge is -2.39. The summed E-state index contributed by atoms with van der Waals surface area (Å²) in [4.78, 5) is 13.7. The second-order valence-corrected chi connectivity index (χ2v) is 10.8. The third kappa shape index (κ3) is 5.10. The Hall–Kier alpha value is -2.19. The molecule has 0 amide bonds. The fourth-order valence-corrected chi connectivity index (χ4v) is 5.82. The molecule has 4 rings (SSSR count). The maximum absolute atomic E-state index is 11.7. The molecule has 0 saturated carbocycles. The predicted octanol–water partition coefficient (Wildman–Crippen LogP) is 2.66. The van der Waals surface area contributed by atoms with E-state index in [4.69, 9.17) is 4.98 Å². The van der Waals surface area contributed by atoms with Gasteiger partial charge in [0.2, 0.25) is 5.95 Å². The third-order valence-electron chi connectivity index (χ3n) is 6.24. The number of rotatable bonds is 5. The summed E-state index contributed by atoms with van der Waals surface area (Å²) in [5.41, 5.74) is 3.15. The van der Waals surface area contributed by atoms with Crippen molar-refractivity contribution in [3.63, 3.8) is 0 Å². The summed E-state index contributed by atoms with van der Waals surface area (Å²) >= 11 is 0. The molecule has 0 spiro atoms. The lowest BCUT2D eigenvalue weighted by atomic mass is 10.0. The molecule has 0 bridgehead atoms. The minimum absolute atomic E-state index is 0.339. The van der Waals surface area contributed by atoms with E-state index in [-0.39, 0.29) is 0 Å². The highest BCUT2D eigenvalue weighted by molar-refractivity contribution is 7.91. The van der Waals surface area contributed by atoms with Crippen LogP contribution in [0.2, 0.25) is 0 Å². The predicted molar refractivity (Wildman–Crippen MR) is 122 cm³/mol. The van der Waals surface area contributed by atoms with Crippen molar-refractivity contribution in [3.8, 4) is 11.3 Å². The Morgan fingerprint density at radius 3 is 2.30 bits per heavy atom. The van der Waals surface area contributed by atoms with Gasteiger partial charge < -0.3 is 15.1 Å². The van der Waals surface area contributed by atoms with Crippen molar-refractivity contribution in [2.24, 2.45) is 0 Å². The molecule has 30 heavy (non-hydrogen) atoms. The average molecular weight is 430 g/mol. The van der Waals surface area contributed by atoms with Gasteiger partial charge in [0.05, 0.1) is 17.2 Å². The molecule has 7 nitrogen and oxygen atoms in total. The van der Waals surface area contributed by atoms with Crippen molar-refractivity contribution >= 4 is 21.5 Å². The third-order valence-corrected chi connectivity index (χ3v) is 7.95. The normalized spacial score (nSPS) is 20.7. The molecule has 1 aromatic carbocycles. The summed E-state index contributed by atoms with van der Waals surface area (Å²) in [6, 6.07) is 11.1. The van der Waals surface area contributed by atoms with Gasteiger partial charge in [-0.05, 0) is 43.9 Å². The second kappa shape index (κ2) is 8.89. The monoisotopic (exact) mass is 429 g/mol. The zero-order valence-electron chi connectivity index (χ0n) is 17.8. The van der Waals surface area contributed by atoms with Crippen LogP contribution >= 0.6 is 0 Å². The van der Waals surface area contributed by atoms with Gasteiger partial charge in [-0.3, -0.25) is 0 Å². The smallest absolute Gasteiger partial charge is 0.223 e. The Kier molecular flexibility index (Phi) is 6.24. The maximum atomic E-state index is 11.7. The summed E-state index contributed by atoms with van der Waals surface area (Å²) in [5.74, 6) is 1.35. The highest BCUT2D eigenvalue weighted by atomic mass is 32.2. The van der Waals surface area contributed by atoms with Crippen LogP contribution in [0.5, 0.6) is 0 Å². The summed E-state index contributed by atoms with van der Waals surface area (Å²) in [6.07, 6.45) is 5.40. The van der Waals surface area contributed by atoms with Crippen molar-refractivity contribution in [1.82, 2.24) is 14.9 Å². The van der Waals surface area contributed by atoms with Crippen LogP contribution in [0.3, 0.4) is 0 Å². The molecule has 1 N–H and O–H groups in total. The fraction of sp³-hybridized carbons (Fsp3) is 0.545. The molecule has 2 saturated heterocycles. The lowest BCUT2D eigenvalue weighted by molar-refractivity contribution is 0.147. The minimum atomic E-state index is -2.80. The Labute approximate surface area is 179 Å². The van der Waals surface area contributed by atoms with Gasteiger partial charge in [-0.25, -0.2) is 18.4 Å². The number of aromatic nitrogens is 2. The van der Waals surface area contributed by atoms with Gasteiger partial charge in [-0.2, -0.15) is 0 Å². The van der Waals surface area contributed by atoms with Gasteiger partial charge >= 0.3 is 0 Å². The van der Waals surface area contributed by atoms with Gasteiger partial charge in [0, 0.05) is 56.7 Å². The largest absolute Gasteiger partial charge is 0.378 e. The van der Waals surface area contributed by atoms with Gasteiger partial charge in [0.25, 0.3) is 0 Å². The van der Waals surface area contributed by atoms with Crippen LogP contribution in [0, 0.1) is 0 Å². The summed E-state index contributed by atoms with van der Waals surface area (Å²) < 4.78 is 23.3. The zero-order chi connectivity index (χ0) is 21.1. The molecule has 2 aromatic rings. The molecule has 0 aliphatic carbocycles. The second-order valence-electron chi connectivity index (χ2n) is 8.54. The van der Waals surface area contributed by atoms with Crippen LogP contribution < -0.4 is 10.2 Å². The van der Waals surface area contributed by atoms with Crippen LogP contribution in [0.4, 0.5) is 11.6 Å². The Morgan fingerprint density at radius 2 is 1.67 bits per heavy atom. The molecule has 0 atom stereocenters. The topological polar surface area (TPSA) is 78.4 Å². The zero-order valence-corrected chi connectivity index (χ0v) is 18.6. The number of anilines is 2. The number of piperidine rings is 1. The molecule has 0 unspecified atom stereocenters. The first-order valence-electron chi connectivity index (χ1n) is 10.7. The molecule has 2 fully saturated rings. The van der Waals surface area contributed by atoms with Crippen molar-refractivity contribution < 1.29 is 8.42 Å². The standard InChI is InChI=1S/C22H31N5O2S/c1-26(2)19-5-3-17(4-6-19)21-7-12-23-22(25-21)24-18-8-13-27(14-9-18)20-10-15-30(28,29)16-11-20/h3-7,12,18,20H,8-11,13-16H2,1-2H3,(H,23,24,25). The van der Waals surface area contributed by atoms with E-state index in [1.165, 1.54) is 0 Å². The first-order chi connectivity index (χ1) is 14.4. The maximum Gasteiger partial charge on any atom is 0.223 e. The molecule has 3 heterocycles.